The van der Waals surface area contributed by atoms with Crippen LogP contribution in [0.15, 0.2) is 17.1 Å². The van der Waals surface area contributed by atoms with E-state index < -0.39 is 0 Å². The molecule has 0 spiro atoms. The van der Waals surface area contributed by atoms with Crippen molar-refractivity contribution in [1.29, 1.82) is 0 Å². The molecule has 1 rings (SSSR count). The lowest BCUT2D eigenvalue weighted by atomic mass is 10.2. The maximum Gasteiger partial charge on any atom is 0.223 e. The monoisotopic (exact) mass is 296 g/mol. The van der Waals surface area contributed by atoms with Gasteiger partial charge in [-0.05, 0) is 25.9 Å². The Morgan fingerprint density at radius 1 is 1.33 bits per heavy atom. The van der Waals surface area contributed by atoms with Crippen LogP contribution in [0.5, 0.6) is 5.75 Å². The number of nitrogens with zero attached hydrogens (tertiary/aromatic N) is 2. The van der Waals surface area contributed by atoms with Gasteiger partial charge >= 0.3 is 0 Å². The molecule has 0 radical (unpaired) electrons. The number of unbranched alkanes of at least 4 members (excludes halogenated alkanes) is 1. The van der Waals surface area contributed by atoms with Gasteiger partial charge < -0.3 is 14.4 Å². The molecule has 1 aromatic rings. The van der Waals surface area contributed by atoms with Gasteiger partial charge in [0.15, 0.2) is 5.75 Å². The third-order valence-corrected chi connectivity index (χ3v) is 3.61. The number of hydrogen-bond acceptors (Lipinski definition) is 4. The predicted molar refractivity (Wildman–Crippen MR) is 84.7 cm³/mol. The molecule has 120 valence electrons. The minimum Gasteiger partial charge on any atom is -0.503 e. The summed E-state index contributed by atoms with van der Waals surface area (Å²) in [6, 6.07) is 1.55. The average molecular weight is 296 g/mol. The van der Waals surface area contributed by atoms with Crippen LogP contribution in [0.3, 0.4) is 0 Å². The van der Waals surface area contributed by atoms with E-state index in [1.165, 1.54) is 0 Å². The summed E-state index contributed by atoms with van der Waals surface area (Å²) in [6.45, 7) is 8.42. The van der Waals surface area contributed by atoms with Crippen molar-refractivity contribution in [3.63, 3.8) is 0 Å². The van der Waals surface area contributed by atoms with E-state index in [-0.39, 0.29) is 11.2 Å². The maximum atomic E-state index is 11.7. The fourth-order valence-corrected chi connectivity index (χ4v) is 2.29. The zero-order valence-electron chi connectivity index (χ0n) is 13.5. The molecule has 21 heavy (non-hydrogen) atoms. The van der Waals surface area contributed by atoms with Crippen molar-refractivity contribution in [1.82, 2.24) is 9.47 Å². The summed E-state index contributed by atoms with van der Waals surface area (Å²) in [5.41, 5.74) is 0.645. The minimum atomic E-state index is -0.306. The first kappa shape index (κ1) is 17.7. The molecule has 1 heterocycles. The van der Waals surface area contributed by atoms with Gasteiger partial charge in [0.05, 0.1) is 6.20 Å². The van der Waals surface area contributed by atoms with Gasteiger partial charge in [-0.3, -0.25) is 9.69 Å². The van der Waals surface area contributed by atoms with Gasteiger partial charge in [-0.2, -0.15) is 0 Å². The second kappa shape index (κ2) is 9.58. The Labute approximate surface area is 127 Å². The lowest BCUT2D eigenvalue weighted by Crippen LogP contribution is -2.27. The predicted octanol–water partition coefficient (Wildman–Crippen LogP) is 2.21. The van der Waals surface area contributed by atoms with E-state index in [9.17, 15) is 9.90 Å². The van der Waals surface area contributed by atoms with Crippen molar-refractivity contribution in [3.05, 3.63) is 28.2 Å². The Morgan fingerprint density at radius 3 is 2.71 bits per heavy atom. The topological polar surface area (TPSA) is 54.7 Å². The first-order chi connectivity index (χ1) is 10.1. The number of pyridine rings is 1. The Kier molecular flexibility index (Phi) is 8.08. The molecule has 0 aromatic carbocycles. The van der Waals surface area contributed by atoms with Gasteiger partial charge in [0.25, 0.3) is 0 Å². The zero-order chi connectivity index (χ0) is 15.7. The highest BCUT2D eigenvalue weighted by atomic mass is 16.5. The lowest BCUT2D eigenvalue weighted by Gasteiger charge is -2.23. The number of aromatic nitrogens is 1. The summed E-state index contributed by atoms with van der Waals surface area (Å²) in [5, 5.41) is 9.64. The van der Waals surface area contributed by atoms with Crippen LogP contribution in [-0.4, -0.2) is 41.4 Å². The van der Waals surface area contributed by atoms with Crippen LogP contribution in [0.25, 0.3) is 0 Å². The van der Waals surface area contributed by atoms with E-state index in [2.05, 4.69) is 18.7 Å². The van der Waals surface area contributed by atoms with Crippen LogP contribution < -0.4 is 5.43 Å². The number of aromatic hydroxyl groups is 1. The van der Waals surface area contributed by atoms with Crippen LogP contribution in [0.4, 0.5) is 0 Å². The van der Waals surface area contributed by atoms with Crippen molar-refractivity contribution in [2.24, 2.45) is 0 Å². The van der Waals surface area contributed by atoms with E-state index in [1.807, 2.05) is 4.57 Å². The molecular formula is C16H28N2O3. The molecule has 0 aliphatic rings. The maximum absolute atomic E-state index is 11.7. The molecule has 5 heteroatoms. The van der Waals surface area contributed by atoms with Crippen LogP contribution >= 0.6 is 0 Å². The molecule has 0 saturated carbocycles. The van der Waals surface area contributed by atoms with Gasteiger partial charge in [0.1, 0.15) is 0 Å². The molecule has 0 saturated heterocycles. The molecule has 0 atom stereocenters. The van der Waals surface area contributed by atoms with Crippen molar-refractivity contribution in [3.8, 4) is 5.75 Å². The molecule has 0 bridgehead atoms. The summed E-state index contributed by atoms with van der Waals surface area (Å²) in [7, 11) is 1.67. The van der Waals surface area contributed by atoms with Gasteiger partial charge in [0, 0.05) is 38.6 Å². The lowest BCUT2D eigenvalue weighted by molar-refractivity contribution is 0.189. The highest BCUT2D eigenvalue weighted by Gasteiger charge is 2.10. The normalized spacial score (nSPS) is 11.2. The third kappa shape index (κ3) is 5.89. The first-order valence-electron chi connectivity index (χ1n) is 7.76. The summed E-state index contributed by atoms with van der Waals surface area (Å²) in [5.74, 6) is -0.187. The second-order valence-electron chi connectivity index (χ2n) is 5.28. The molecule has 0 aliphatic carbocycles. The summed E-state index contributed by atoms with van der Waals surface area (Å²) < 4.78 is 7.03. The van der Waals surface area contributed by atoms with Crippen LogP contribution in [0, 0.1) is 0 Å². The molecule has 0 amide bonds. The van der Waals surface area contributed by atoms with Crippen LogP contribution in [0.2, 0.25) is 0 Å². The van der Waals surface area contributed by atoms with Crippen molar-refractivity contribution < 1.29 is 9.84 Å². The molecule has 0 unspecified atom stereocenters. The van der Waals surface area contributed by atoms with Crippen molar-refractivity contribution in [2.45, 2.75) is 46.2 Å². The second-order valence-corrected chi connectivity index (χ2v) is 5.28. The molecule has 0 fully saturated rings. The fraction of sp³-hybridized carbons (Fsp3) is 0.688. The summed E-state index contributed by atoms with van der Waals surface area (Å²) >= 11 is 0. The molecule has 1 aromatic heterocycles. The Hall–Kier alpha value is -1.33. The van der Waals surface area contributed by atoms with E-state index in [0.29, 0.717) is 6.61 Å². The number of methoxy groups -OCH3 is 1. The first-order valence-corrected chi connectivity index (χ1v) is 7.76. The largest absolute Gasteiger partial charge is 0.503 e. The third-order valence-electron chi connectivity index (χ3n) is 3.61. The highest BCUT2D eigenvalue weighted by Crippen LogP contribution is 2.10. The molecular weight excluding hydrogens is 268 g/mol. The summed E-state index contributed by atoms with van der Waals surface area (Å²) in [4.78, 5) is 14.0. The number of aryl methyl sites for hydroxylation is 1. The van der Waals surface area contributed by atoms with Crippen LogP contribution in [-0.2, 0) is 17.8 Å². The number of hydrogen-bond donors (Lipinski definition) is 1. The van der Waals surface area contributed by atoms with Crippen LogP contribution in [0.1, 0.15) is 38.8 Å². The smallest absolute Gasteiger partial charge is 0.223 e. The SMILES string of the molecule is CCCCN(CC)Cc1cc(=O)c(O)cn1CCCOC. The van der Waals surface area contributed by atoms with E-state index in [1.54, 1.807) is 19.4 Å². The molecule has 5 nitrogen and oxygen atoms in total. The van der Waals surface area contributed by atoms with Gasteiger partial charge in [-0.1, -0.05) is 20.3 Å². The van der Waals surface area contributed by atoms with Gasteiger partial charge in [0.2, 0.25) is 5.43 Å². The van der Waals surface area contributed by atoms with Crippen molar-refractivity contribution >= 4 is 0 Å². The van der Waals surface area contributed by atoms with E-state index in [4.69, 9.17) is 4.74 Å². The van der Waals surface area contributed by atoms with Gasteiger partial charge in [-0.25, -0.2) is 0 Å². The van der Waals surface area contributed by atoms with E-state index >= 15 is 0 Å². The van der Waals surface area contributed by atoms with E-state index in [0.717, 1.165) is 51.1 Å². The van der Waals surface area contributed by atoms with Crippen molar-refractivity contribution in [2.75, 3.05) is 26.8 Å². The standard InChI is InChI=1S/C16H28N2O3/c1-4-6-8-17(5-2)12-14-11-15(19)16(20)13-18(14)9-7-10-21-3/h11,13,20H,4-10,12H2,1-3H3. The zero-order valence-corrected chi connectivity index (χ0v) is 13.5. The number of rotatable bonds is 10. The summed E-state index contributed by atoms with van der Waals surface area (Å²) in [6.07, 6.45) is 4.71. The minimum absolute atomic E-state index is 0.187. The fourth-order valence-electron chi connectivity index (χ4n) is 2.29. The Bertz CT molecular complexity index is 471. The quantitative estimate of drug-likeness (QED) is 0.673. The van der Waals surface area contributed by atoms with Gasteiger partial charge in [-0.15, -0.1) is 0 Å². The molecule has 1 N–H and O–H groups in total. The Morgan fingerprint density at radius 2 is 2.10 bits per heavy atom. The Balaban J connectivity index is 2.86. The number of ether oxygens (including phenoxy) is 1. The average Bonchev–Trinajstić information content (AvgIpc) is 2.48. The highest BCUT2D eigenvalue weighted by molar-refractivity contribution is 5.20. The molecule has 0 aliphatic heterocycles.